The van der Waals surface area contributed by atoms with Crippen molar-refractivity contribution >= 4 is 52.4 Å². The van der Waals surface area contributed by atoms with Crippen LogP contribution >= 0.6 is 35.8 Å². The summed E-state index contributed by atoms with van der Waals surface area (Å²) in [4.78, 5) is 15.8. The number of carbonyl (C=O) groups is 1. The number of nitrogens with zero attached hydrogens (tertiary/aromatic N) is 1. The molecule has 2 aliphatic rings. The molecule has 2 unspecified atom stereocenters. The molecule has 2 atom stereocenters. The van der Waals surface area contributed by atoms with Gasteiger partial charge in [-0.3, -0.25) is 4.79 Å². The van der Waals surface area contributed by atoms with Gasteiger partial charge in [-0.15, -0.1) is 24.2 Å². The number of amides is 1. The van der Waals surface area contributed by atoms with Gasteiger partial charge in [0, 0.05) is 40.5 Å². The first-order valence-electron chi connectivity index (χ1n) is 8.54. The first-order chi connectivity index (χ1) is 11.7. The number of hydrogen-bond acceptors (Lipinski definition) is 3. The Bertz CT molecular complexity index is 765. The molecule has 3 nitrogen and oxygen atoms in total. The summed E-state index contributed by atoms with van der Waals surface area (Å²) in [7, 11) is 0. The van der Waals surface area contributed by atoms with Gasteiger partial charge >= 0.3 is 0 Å². The fraction of sp³-hybridized carbons (Fsp3) is 0.421. The van der Waals surface area contributed by atoms with Crippen molar-refractivity contribution in [2.75, 3.05) is 18.8 Å². The highest BCUT2D eigenvalue weighted by Crippen LogP contribution is 2.33. The van der Waals surface area contributed by atoms with E-state index in [2.05, 4.69) is 23.5 Å². The molecular weight excluding hydrogens is 375 g/mol. The molecule has 25 heavy (non-hydrogen) atoms. The molecule has 0 aromatic heterocycles. The second-order valence-electron chi connectivity index (χ2n) is 6.65. The molecule has 2 aliphatic heterocycles. The average molecular weight is 397 g/mol. The molecule has 2 heterocycles. The Labute approximate surface area is 163 Å². The van der Waals surface area contributed by atoms with Gasteiger partial charge in [0.05, 0.1) is 5.75 Å². The highest BCUT2D eigenvalue weighted by molar-refractivity contribution is 8.00. The van der Waals surface area contributed by atoms with Crippen LogP contribution in [-0.4, -0.2) is 41.7 Å². The Morgan fingerprint density at radius 2 is 1.92 bits per heavy atom. The molecule has 134 valence electrons. The first-order valence-corrected chi connectivity index (χ1v) is 9.91. The Kier molecular flexibility index (Phi) is 6.16. The Balaban J connectivity index is 0.00000182. The predicted molar refractivity (Wildman–Crippen MR) is 108 cm³/mol. The molecule has 2 aromatic rings. The summed E-state index contributed by atoms with van der Waals surface area (Å²) in [5.41, 5.74) is 0. The van der Waals surface area contributed by atoms with E-state index >= 15 is 0 Å². The molecule has 0 radical (unpaired) electrons. The number of hydrogen-bond donors (Lipinski definition) is 1. The third kappa shape index (κ3) is 4.08. The lowest BCUT2D eigenvalue weighted by Gasteiger charge is -2.24. The number of fused-ring (bicyclic) bond motifs is 3. The van der Waals surface area contributed by atoms with Crippen LogP contribution in [0, 0.1) is 0 Å². The summed E-state index contributed by atoms with van der Waals surface area (Å²) in [5.74, 6) is 0.709. The maximum atomic E-state index is 12.7. The van der Waals surface area contributed by atoms with Crippen molar-refractivity contribution in [1.82, 2.24) is 10.2 Å². The van der Waals surface area contributed by atoms with Crippen LogP contribution in [-0.2, 0) is 4.79 Å². The maximum absolute atomic E-state index is 12.7. The van der Waals surface area contributed by atoms with Gasteiger partial charge in [0.15, 0.2) is 0 Å². The van der Waals surface area contributed by atoms with Crippen molar-refractivity contribution in [3.05, 3.63) is 41.4 Å². The van der Waals surface area contributed by atoms with Gasteiger partial charge in [0.25, 0.3) is 0 Å². The zero-order valence-electron chi connectivity index (χ0n) is 13.9. The minimum Gasteiger partial charge on any atom is -0.340 e. The van der Waals surface area contributed by atoms with Crippen LogP contribution in [0.5, 0.6) is 0 Å². The van der Waals surface area contributed by atoms with Crippen LogP contribution in [0.15, 0.2) is 41.3 Å². The van der Waals surface area contributed by atoms with Crippen LogP contribution in [0.25, 0.3) is 10.8 Å². The number of likely N-dealkylation sites (tertiary alicyclic amines) is 1. The number of rotatable bonds is 3. The molecule has 1 N–H and O–H groups in total. The third-order valence-electron chi connectivity index (χ3n) is 5.04. The second-order valence-corrected chi connectivity index (χ2v) is 8.07. The van der Waals surface area contributed by atoms with E-state index in [9.17, 15) is 4.79 Å². The van der Waals surface area contributed by atoms with Crippen molar-refractivity contribution in [1.29, 1.82) is 0 Å². The molecule has 0 spiro atoms. The van der Waals surface area contributed by atoms with Gasteiger partial charge in [0.1, 0.15) is 0 Å². The fourth-order valence-corrected chi connectivity index (χ4v) is 5.13. The predicted octanol–water partition coefficient (Wildman–Crippen LogP) is 4.36. The van der Waals surface area contributed by atoms with Crippen LogP contribution in [0.2, 0.25) is 5.02 Å². The van der Waals surface area contributed by atoms with E-state index in [1.807, 2.05) is 23.1 Å². The molecule has 2 bridgehead atoms. The number of nitrogens with one attached hydrogen (secondary N) is 1. The summed E-state index contributed by atoms with van der Waals surface area (Å²) in [5, 5.41) is 6.55. The topological polar surface area (TPSA) is 32.3 Å². The number of halogens is 2. The van der Waals surface area contributed by atoms with Crippen molar-refractivity contribution in [2.45, 2.75) is 36.2 Å². The monoisotopic (exact) mass is 396 g/mol. The van der Waals surface area contributed by atoms with Gasteiger partial charge in [-0.2, -0.15) is 0 Å². The lowest BCUT2D eigenvalue weighted by Crippen LogP contribution is -2.39. The normalized spacial score (nSPS) is 22.5. The molecule has 0 aliphatic carbocycles. The maximum Gasteiger partial charge on any atom is 0.232 e. The quantitative estimate of drug-likeness (QED) is 0.782. The van der Waals surface area contributed by atoms with E-state index in [1.165, 1.54) is 12.8 Å². The van der Waals surface area contributed by atoms with E-state index in [1.54, 1.807) is 11.8 Å². The van der Waals surface area contributed by atoms with Crippen LogP contribution in [0.3, 0.4) is 0 Å². The van der Waals surface area contributed by atoms with Crippen LogP contribution < -0.4 is 5.32 Å². The minimum atomic E-state index is 0. The molecule has 1 amide bonds. The molecule has 2 aromatic carbocycles. The standard InChI is InChI=1S/C19H21ClN2OS.ClH/c20-16-5-1-3-13-4-2-6-17(19(13)16)24-12-18(23)22-10-9-14-7-8-15(11-22)21-14;/h1-6,14-15,21H,7-12H2;1H. The number of thioether (sulfide) groups is 1. The minimum absolute atomic E-state index is 0. The molecular formula is C19H22Cl2N2OS. The van der Waals surface area contributed by atoms with E-state index in [0.29, 0.717) is 17.8 Å². The first kappa shape index (κ1) is 18.8. The number of benzene rings is 2. The fourth-order valence-electron chi connectivity index (χ4n) is 3.78. The average Bonchev–Trinajstić information content (AvgIpc) is 2.91. The van der Waals surface area contributed by atoms with Gasteiger partial charge < -0.3 is 10.2 Å². The van der Waals surface area contributed by atoms with E-state index in [-0.39, 0.29) is 18.3 Å². The van der Waals surface area contributed by atoms with Gasteiger partial charge in [0.2, 0.25) is 5.91 Å². The third-order valence-corrected chi connectivity index (χ3v) is 6.40. The Hall–Kier alpha value is -0.940. The molecule has 4 rings (SSSR count). The summed E-state index contributed by atoms with van der Waals surface area (Å²) >= 11 is 7.97. The molecule has 2 fully saturated rings. The van der Waals surface area contributed by atoms with Crippen molar-refractivity contribution in [2.24, 2.45) is 0 Å². The highest BCUT2D eigenvalue weighted by Gasteiger charge is 2.30. The SMILES string of the molecule is Cl.O=C(CSc1cccc2cccc(Cl)c12)N1CCC2CCC(C1)N2. The van der Waals surface area contributed by atoms with E-state index < -0.39 is 0 Å². The Morgan fingerprint density at radius 1 is 1.16 bits per heavy atom. The summed E-state index contributed by atoms with van der Waals surface area (Å²) in [6.45, 7) is 1.73. The molecule has 6 heteroatoms. The van der Waals surface area contributed by atoms with Gasteiger partial charge in [-0.1, -0.05) is 35.9 Å². The largest absolute Gasteiger partial charge is 0.340 e. The van der Waals surface area contributed by atoms with E-state index in [0.717, 1.165) is 40.2 Å². The van der Waals surface area contributed by atoms with E-state index in [4.69, 9.17) is 11.6 Å². The van der Waals surface area contributed by atoms with Crippen LogP contribution in [0.1, 0.15) is 19.3 Å². The zero-order chi connectivity index (χ0) is 16.5. The van der Waals surface area contributed by atoms with Gasteiger partial charge in [-0.05, 0) is 36.8 Å². The molecule has 2 saturated heterocycles. The van der Waals surface area contributed by atoms with Crippen molar-refractivity contribution < 1.29 is 4.79 Å². The summed E-state index contributed by atoms with van der Waals surface area (Å²) < 4.78 is 0. The van der Waals surface area contributed by atoms with Gasteiger partial charge in [-0.25, -0.2) is 0 Å². The molecule has 0 saturated carbocycles. The lowest BCUT2D eigenvalue weighted by molar-refractivity contribution is -0.128. The smallest absolute Gasteiger partial charge is 0.232 e. The summed E-state index contributed by atoms with van der Waals surface area (Å²) in [6, 6.07) is 13.2. The number of carbonyl (C=O) groups excluding carboxylic acids is 1. The zero-order valence-corrected chi connectivity index (χ0v) is 16.3. The van der Waals surface area contributed by atoms with Crippen molar-refractivity contribution in [3.8, 4) is 0 Å². The van der Waals surface area contributed by atoms with Crippen molar-refractivity contribution in [3.63, 3.8) is 0 Å². The highest BCUT2D eigenvalue weighted by atomic mass is 35.5. The summed E-state index contributed by atoms with van der Waals surface area (Å²) in [6.07, 6.45) is 3.53. The van der Waals surface area contributed by atoms with Crippen LogP contribution in [0.4, 0.5) is 0 Å². The lowest BCUT2D eigenvalue weighted by atomic mass is 10.1. The second kappa shape index (κ2) is 8.17. The Morgan fingerprint density at radius 3 is 2.76 bits per heavy atom.